The molecule has 1 aromatic rings. The van der Waals surface area contributed by atoms with E-state index in [1.165, 1.54) is 12.1 Å². The first-order valence-corrected chi connectivity index (χ1v) is 5.32. The first-order valence-electron chi connectivity index (χ1n) is 5.32. The molecule has 1 rings (SSSR count). The summed E-state index contributed by atoms with van der Waals surface area (Å²) in [4.78, 5) is 0. The van der Waals surface area contributed by atoms with Crippen LogP contribution in [0.5, 0.6) is 0 Å². The molecule has 2 unspecified atom stereocenters. The van der Waals surface area contributed by atoms with Crippen molar-refractivity contribution in [3.8, 4) is 0 Å². The second-order valence-electron chi connectivity index (χ2n) is 3.73. The van der Waals surface area contributed by atoms with E-state index in [4.69, 9.17) is 0 Å². The van der Waals surface area contributed by atoms with E-state index < -0.39 is 6.10 Å². The highest BCUT2D eigenvalue weighted by Gasteiger charge is 2.16. The molecule has 0 aliphatic rings. The molecule has 0 aliphatic heterocycles. The first-order chi connectivity index (χ1) is 7.15. The molecule has 0 radical (unpaired) electrons. The van der Waals surface area contributed by atoms with Crippen LogP contribution in [0.4, 0.5) is 4.39 Å². The van der Waals surface area contributed by atoms with Crippen molar-refractivity contribution in [1.29, 1.82) is 0 Å². The van der Waals surface area contributed by atoms with Gasteiger partial charge in [0.05, 0.1) is 12.1 Å². The van der Waals surface area contributed by atoms with Gasteiger partial charge >= 0.3 is 0 Å². The van der Waals surface area contributed by atoms with Crippen LogP contribution in [-0.4, -0.2) is 17.8 Å². The average molecular weight is 211 g/mol. The van der Waals surface area contributed by atoms with Gasteiger partial charge in [0.15, 0.2) is 0 Å². The fourth-order valence-electron chi connectivity index (χ4n) is 1.57. The van der Waals surface area contributed by atoms with Crippen LogP contribution in [0.3, 0.4) is 0 Å². The number of aliphatic hydroxyl groups excluding tert-OH is 1. The molecule has 1 aromatic carbocycles. The summed E-state index contributed by atoms with van der Waals surface area (Å²) in [7, 11) is 0. The maximum Gasteiger partial charge on any atom is 0.123 e. The molecule has 2 nitrogen and oxygen atoms in total. The molecule has 0 amide bonds. The fourth-order valence-corrected chi connectivity index (χ4v) is 1.57. The highest BCUT2D eigenvalue weighted by Crippen LogP contribution is 2.17. The lowest BCUT2D eigenvalue weighted by molar-refractivity contribution is 0.145. The highest BCUT2D eigenvalue weighted by molar-refractivity contribution is 5.21. The zero-order valence-electron chi connectivity index (χ0n) is 9.20. The van der Waals surface area contributed by atoms with Gasteiger partial charge in [0.25, 0.3) is 0 Å². The molecule has 15 heavy (non-hydrogen) atoms. The fraction of sp³-hybridized carbons (Fsp3) is 0.500. The van der Waals surface area contributed by atoms with E-state index >= 15 is 0 Å². The average Bonchev–Trinajstić information content (AvgIpc) is 2.18. The SMILES string of the molecule is CCCNC(c1cccc(F)c1)C(C)O. The zero-order chi connectivity index (χ0) is 11.3. The van der Waals surface area contributed by atoms with Crippen LogP contribution in [0.15, 0.2) is 24.3 Å². The molecule has 0 heterocycles. The number of hydrogen-bond acceptors (Lipinski definition) is 2. The molecule has 0 fully saturated rings. The lowest BCUT2D eigenvalue weighted by Crippen LogP contribution is -2.30. The summed E-state index contributed by atoms with van der Waals surface area (Å²) < 4.78 is 13.0. The molecule has 2 N–H and O–H groups in total. The minimum Gasteiger partial charge on any atom is -0.391 e. The lowest BCUT2D eigenvalue weighted by atomic mass is 10.0. The molecule has 0 aromatic heterocycles. The van der Waals surface area contributed by atoms with Crippen molar-refractivity contribution in [2.45, 2.75) is 32.4 Å². The van der Waals surface area contributed by atoms with E-state index in [9.17, 15) is 9.50 Å². The third kappa shape index (κ3) is 3.61. The van der Waals surface area contributed by atoms with Gasteiger partial charge in [-0.05, 0) is 37.6 Å². The van der Waals surface area contributed by atoms with Crippen LogP contribution in [0.1, 0.15) is 31.9 Å². The Bertz CT molecular complexity index is 301. The Morgan fingerprint density at radius 1 is 1.47 bits per heavy atom. The molecule has 0 bridgehead atoms. The van der Waals surface area contributed by atoms with Crippen molar-refractivity contribution >= 4 is 0 Å². The van der Waals surface area contributed by atoms with Crippen molar-refractivity contribution in [3.63, 3.8) is 0 Å². The van der Waals surface area contributed by atoms with E-state index in [0.29, 0.717) is 0 Å². The van der Waals surface area contributed by atoms with E-state index in [1.54, 1.807) is 13.0 Å². The van der Waals surface area contributed by atoms with E-state index in [1.807, 2.05) is 6.07 Å². The van der Waals surface area contributed by atoms with Crippen molar-refractivity contribution in [2.24, 2.45) is 0 Å². The second kappa shape index (κ2) is 5.83. The van der Waals surface area contributed by atoms with Crippen molar-refractivity contribution in [1.82, 2.24) is 5.32 Å². The van der Waals surface area contributed by atoms with Gasteiger partial charge in [0.1, 0.15) is 5.82 Å². The molecule has 0 spiro atoms. The molecule has 0 saturated carbocycles. The van der Waals surface area contributed by atoms with Crippen LogP contribution < -0.4 is 5.32 Å². The molecule has 0 saturated heterocycles. The van der Waals surface area contributed by atoms with Gasteiger partial charge in [-0.2, -0.15) is 0 Å². The predicted octanol–water partition coefficient (Wildman–Crippen LogP) is 2.25. The van der Waals surface area contributed by atoms with Crippen LogP contribution >= 0.6 is 0 Å². The topological polar surface area (TPSA) is 32.3 Å². The van der Waals surface area contributed by atoms with Gasteiger partial charge < -0.3 is 10.4 Å². The minimum atomic E-state index is -0.529. The Morgan fingerprint density at radius 3 is 2.73 bits per heavy atom. The molecule has 3 heteroatoms. The Kier molecular flexibility index (Phi) is 4.72. The Balaban J connectivity index is 2.79. The lowest BCUT2D eigenvalue weighted by Gasteiger charge is -2.21. The summed E-state index contributed by atoms with van der Waals surface area (Å²) in [5.41, 5.74) is 0.790. The van der Waals surface area contributed by atoms with E-state index in [2.05, 4.69) is 12.2 Å². The maximum atomic E-state index is 13.0. The van der Waals surface area contributed by atoms with Gasteiger partial charge in [0.2, 0.25) is 0 Å². The number of benzene rings is 1. The van der Waals surface area contributed by atoms with Gasteiger partial charge in [-0.25, -0.2) is 4.39 Å². The monoisotopic (exact) mass is 211 g/mol. The number of rotatable bonds is 5. The predicted molar refractivity (Wildman–Crippen MR) is 59.1 cm³/mol. The number of halogens is 1. The number of hydrogen-bond donors (Lipinski definition) is 2. The van der Waals surface area contributed by atoms with Gasteiger partial charge in [-0.1, -0.05) is 19.1 Å². The van der Waals surface area contributed by atoms with Crippen molar-refractivity contribution < 1.29 is 9.50 Å². The summed E-state index contributed by atoms with van der Waals surface area (Å²) in [6.07, 6.45) is 0.455. The number of aliphatic hydroxyl groups is 1. The molecule has 84 valence electrons. The Morgan fingerprint density at radius 2 is 2.20 bits per heavy atom. The molecular formula is C12H18FNO. The zero-order valence-corrected chi connectivity index (χ0v) is 9.20. The Labute approximate surface area is 90.1 Å². The van der Waals surface area contributed by atoms with Crippen molar-refractivity contribution in [2.75, 3.05) is 6.54 Å². The maximum absolute atomic E-state index is 13.0. The quantitative estimate of drug-likeness (QED) is 0.783. The summed E-state index contributed by atoms with van der Waals surface area (Å²) >= 11 is 0. The van der Waals surface area contributed by atoms with Crippen LogP contribution in [0, 0.1) is 5.82 Å². The van der Waals surface area contributed by atoms with Crippen LogP contribution in [-0.2, 0) is 0 Å². The molecule has 2 atom stereocenters. The summed E-state index contributed by atoms with van der Waals surface area (Å²) in [6.45, 7) is 4.57. The summed E-state index contributed by atoms with van der Waals surface area (Å²) in [6, 6.07) is 6.15. The van der Waals surface area contributed by atoms with E-state index in [0.717, 1.165) is 18.5 Å². The van der Waals surface area contributed by atoms with Crippen LogP contribution in [0.25, 0.3) is 0 Å². The van der Waals surface area contributed by atoms with Crippen molar-refractivity contribution in [3.05, 3.63) is 35.6 Å². The summed E-state index contributed by atoms with van der Waals surface area (Å²) in [5, 5.41) is 12.8. The van der Waals surface area contributed by atoms with Crippen LogP contribution in [0.2, 0.25) is 0 Å². The second-order valence-corrected chi connectivity index (χ2v) is 3.73. The first kappa shape index (κ1) is 12.1. The van der Waals surface area contributed by atoms with Gasteiger partial charge in [-0.15, -0.1) is 0 Å². The number of nitrogens with one attached hydrogen (secondary N) is 1. The third-order valence-electron chi connectivity index (χ3n) is 2.30. The normalized spacial score (nSPS) is 14.9. The standard InChI is InChI=1S/C12H18FNO/c1-3-7-14-12(9(2)15)10-5-4-6-11(13)8-10/h4-6,8-9,12,14-15H,3,7H2,1-2H3. The molecule has 0 aliphatic carbocycles. The minimum absolute atomic E-state index is 0.194. The summed E-state index contributed by atoms with van der Waals surface area (Å²) in [5.74, 6) is -0.267. The van der Waals surface area contributed by atoms with E-state index in [-0.39, 0.29) is 11.9 Å². The Hall–Kier alpha value is -0.930. The largest absolute Gasteiger partial charge is 0.391 e. The van der Waals surface area contributed by atoms with Gasteiger partial charge in [-0.3, -0.25) is 0 Å². The smallest absolute Gasteiger partial charge is 0.123 e. The highest BCUT2D eigenvalue weighted by atomic mass is 19.1. The molecular weight excluding hydrogens is 193 g/mol. The van der Waals surface area contributed by atoms with Gasteiger partial charge in [0, 0.05) is 0 Å². The third-order valence-corrected chi connectivity index (χ3v) is 2.30.